The van der Waals surface area contributed by atoms with Gasteiger partial charge >= 0.3 is 0 Å². The van der Waals surface area contributed by atoms with Gasteiger partial charge in [-0.15, -0.1) is 0 Å². The first-order valence-electron chi connectivity index (χ1n) is 8.49. The Bertz CT molecular complexity index is 908. The lowest BCUT2D eigenvalue weighted by Crippen LogP contribution is -2.30. The normalized spacial score (nSPS) is 11.5. The molecule has 6 heteroatoms. The van der Waals surface area contributed by atoms with Gasteiger partial charge in [0.25, 0.3) is 5.56 Å². The average Bonchev–Trinajstić information content (AvgIpc) is 3.04. The third-order valence-electron chi connectivity index (χ3n) is 4.04. The number of hydrogen-bond acceptors (Lipinski definition) is 4. The summed E-state index contributed by atoms with van der Waals surface area (Å²) in [5, 5.41) is 5.43. The van der Waals surface area contributed by atoms with Crippen molar-refractivity contribution in [1.29, 1.82) is 0 Å². The predicted octanol–water partition coefficient (Wildman–Crippen LogP) is 2.80. The highest BCUT2D eigenvalue weighted by molar-refractivity contribution is 5.84. The van der Waals surface area contributed by atoms with E-state index in [1.807, 2.05) is 57.4 Å². The minimum atomic E-state index is -0.447. The van der Waals surface area contributed by atoms with Crippen molar-refractivity contribution >= 4 is 10.9 Å². The zero-order chi connectivity index (χ0) is 17.8. The monoisotopic (exact) mass is 341 g/mol. The van der Waals surface area contributed by atoms with Crippen molar-refractivity contribution in [2.75, 3.05) is 13.2 Å². The van der Waals surface area contributed by atoms with Crippen LogP contribution in [-0.4, -0.2) is 33.9 Å². The largest absolute Gasteiger partial charge is 0.351 e. The molecule has 1 aromatic carbocycles. The van der Waals surface area contributed by atoms with Gasteiger partial charge in [-0.2, -0.15) is 5.10 Å². The Morgan fingerprint density at radius 2 is 1.80 bits per heavy atom. The minimum Gasteiger partial charge on any atom is -0.351 e. The zero-order valence-electron chi connectivity index (χ0n) is 14.8. The van der Waals surface area contributed by atoms with Crippen molar-refractivity contribution in [3.8, 4) is 11.3 Å². The second kappa shape index (κ2) is 7.63. The standard InChI is InChI=1S/C19H23N3O3/c1-4-24-19(25-5-2)13-22-17-12-15(16-10-11-21(3)20-16)7-6-14(17)8-9-18(22)23/h6-12,19H,4-5,13H2,1-3H3. The van der Waals surface area contributed by atoms with E-state index < -0.39 is 6.29 Å². The lowest BCUT2D eigenvalue weighted by Gasteiger charge is -2.19. The smallest absolute Gasteiger partial charge is 0.251 e. The fraction of sp³-hybridized carbons (Fsp3) is 0.368. The van der Waals surface area contributed by atoms with Gasteiger partial charge < -0.3 is 14.0 Å². The molecular formula is C19H23N3O3. The van der Waals surface area contributed by atoms with Gasteiger partial charge in [-0.1, -0.05) is 12.1 Å². The molecule has 25 heavy (non-hydrogen) atoms. The van der Waals surface area contributed by atoms with Crippen LogP contribution in [-0.2, 0) is 23.1 Å². The molecule has 0 saturated carbocycles. The maximum absolute atomic E-state index is 12.5. The number of aryl methyl sites for hydroxylation is 1. The van der Waals surface area contributed by atoms with Crippen LogP contribution in [0.25, 0.3) is 22.2 Å². The van der Waals surface area contributed by atoms with Gasteiger partial charge in [0.1, 0.15) is 0 Å². The molecular weight excluding hydrogens is 318 g/mol. The molecule has 3 rings (SSSR count). The first-order chi connectivity index (χ1) is 12.1. The molecule has 3 aromatic rings. The highest BCUT2D eigenvalue weighted by Crippen LogP contribution is 2.22. The molecule has 0 unspecified atom stereocenters. The summed E-state index contributed by atoms with van der Waals surface area (Å²) in [6.45, 7) is 5.24. The van der Waals surface area contributed by atoms with Crippen molar-refractivity contribution in [2.45, 2.75) is 26.7 Å². The molecule has 0 bridgehead atoms. The van der Waals surface area contributed by atoms with Gasteiger partial charge in [0.2, 0.25) is 0 Å². The summed E-state index contributed by atoms with van der Waals surface area (Å²) in [4.78, 5) is 12.5. The number of nitrogens with zero attached hydrogens (tertiary/aromatic N) is 3. The van der Waals surface area contributed by atoms with Crippen molar-refractivity contribution in [3.63, 3.8) is 0 Å². The molecule has 2 heterocycles. The molecule has 0 fully saturated rings. The number of pyridine rings is 1. The zero-order valence-corrected chi connectivity index (χ0v) is 14.8. The van der Waals surface area contributed by atoms with Crippen molar-refractivity contribution in [1.82, 2.24) is 14.3 Å². The van der Waals surface area contributed by atoms with Crippen LogP contribution in [0.2, 0.25) is 0 Å². The number of hydrogen-bond donors (Lipinski definition) is 0. The Balaban J connectivity index is 2.06. The molecule has 0 atom stereocenters. The van der Waals surface area contributed by atoms with Crippen LogP contribution in [0.3, 0.4) is 0 Å². The van der Waals surface area contributed by atoms with Crippen LogP contribution in [0, 0.1) is 0 Å². The van der Waals surface area contributed by atoms with Crippen molar-refractivity contribution in [2.24, 2.45) is 7.05 Å². The highest BCUT2D eigenvalue weighted by Gasteiger charge is 2.13. The molecule has 0 aliphatic heterocycles. The van der Waals surface area contributed by atoms with Crippen LogP contribution in [0.5, 0.6) is 0 Å². The van der Waals surface area contributed by atoms with Crippen LogP contribution >= 0.6 is 0 Å². The summed E-state index contributed by atoms with van der Waals surface area (Å²) in [5.74, 6) is 0. The summed E-state index contributed by atoms with van der Waals surface area (Å²) in [5.41, 5.74) is 2.62. The lowest BCUT2D eigenvalue weighted by atomic mass is 10.1. The van der Waals surface area contributed by atoms with E-state index in [9.17, 15) is 4.79 Å². The van der Waals surface area contributed by atoms with E-state index in [0.717, 1.165) is 22.2 Å². The third-order valence-corrected chi connectivity index (χ3v) is 4.04. The molecule has 0 spiro atoms. The van der Waals surface area contributed by atoms with Gasteiger partial charge in [-0.25, -0.2) is 0 Å². The Morgan fingerprint density at radius 3 is 2.44 bits per heavy atom. The molecule has 0 radical (unpaired) electrons. The fourth-order valence-electron chi connectivity index (χ4n) is 2.88. The number of ether oxygens (including phenoxy) is 2. The highest BCUT2D eigenvalue weighted by atomic mass is 16.7. The van der Waals surface area contributed by atoms with Gasteiger partial charge in [0.15, 0.2) is 6.29 Å². The van der Waals surface area contributed by atoms with E-state index in [0.29, 0.717) is 19.8 Å². The maximum atomic E-state index is 12.5. The molecule has 0 amide bonds. The predicted molar refractivity (Wildman–Crippen MR) is 97.5 cm³/mol. The summed E-state index contributed by atoms with van der Waals surface area (Å²) < 4.78 is 14.7. The first kappa shape index (κ1) is 17.4. The summed E-state index contributed by atoms with van der Waals surface area (Å²) in [7, 11) is 1.88. The second-order valence-electron chi connectivity index (χ2n) is 5.77. The Morgan fingerprint density at radius 1 is 1.08 bits per heavy atom. The SMILES string of the molecule is CCOC(Cn1c(=O)ccc2ccc(-c3ccn(C)n3)cc21)OCC. The Hall–Kier alpha value is -2.44. The summed E-state index contributed by atoms with van der Waals surface area (Å²) >= 11 is 0. The van der Waals surface area contributed by atoms with E-state index in [2.05, 4.69) is 5.10 Å². The number of benzene rings is 1. The summed E-state index contributed by atoms with van der Waals surface area (Å²) in [6, 6.07) is 11.4. The maximum Gasteiger partial charge on any atom is 0.251 e. The van der Waals surface area contributed by atoms with Gasteiger partial charge in [-0.05, 0) is 37.4 Å². The van der Waals surface area contributed by atoms with E-state index in [-0.39, 0.29) is 5.56 Å². The van der Waals surface area contributed by atoms with Crippen LogP contribution < -0.4 is 5.56 Å². The number of rotatable bonds is 7. The minimum absolute atomic E-state index is 0.0740. The van der Waals surface area contributed by atoms with Gasteiger partial charge in [0, 0.05) is 38.1 Å². The average molecular weight is 341 g/mol. The molecule has 0 aliphatic rings. The first-order valence-corrected chi connectivity index (χ1v) is 8.49. The lowest BCUT2D eigenvalue weighted by molar-refractivity contribution is -0.143. The molecule has 132 valence electrons. The topological polar surface area (TPSA) is 58.3 Å². The van der Waals surface area contributed by atoms with Crippen molar-refractivity contribution < 1.29 is 9.47 Å². The number of fused-ring (bicyclic) bond motifs is 1. The van der Waals surface area contributed by atoms with E-state index in [4.69, 9.17) is 9.47 Å². The molecule has 2 aromatic heterocycles. The van der Waals surface area contributed by atoms with E-state index in [1.54, 1.807) is 15.3 Å². The number of aromatic nitrogens is 3. The summed E-state index contributed by atoms with van der Waals surface area (Å²) in [6.07, 6.45) is 1.45. The molecule has 0 aliphatic carbocycles. The van der Waals surface area contributed by atoms with Crippen molar-refractivity contribution in [3.05, 3.63) is 52.9 Å². The fourth-order valence-corrected chi connectivity index (χ4v) is 2.88. The van der Waals surface area contributed by atoms with Crippen LogP contribution in [0.15, 0.2) is 47.4 Å². The Kier molecular flexibility index (Phi) is 5.31. The van der Waals surface area contributed by atoms with Gasteiger partial charge in [-0.3, -0.25) is 9.48 Å². The third kappa shape index (κ3) is 3.81. The van der Waals surface area contributed by atoms with Crippen LogP contribution in [0.1, 0.15) is 13.8 Å². The quantitative estimate of drug-likeness (QED) is 0.620. The van der Waals surface area contributed by atoms with E-state index >= 15 is 0 Å². The van der Waals surface area contributed by atoms with Gasteiger partial charge in [0.05, 0.1) is 17.8 Å². The molecule has 6 nitrogen and oxygen atoms in total. The van der Waals surface area contributed by atoms with Crippen LogP contribution in [0.4, 0.5) is 0 Å². The second-order valence-corrected chi connectivity index (χ2v) is 5.77. The molecule has 0 saturated heterocycles. The molecule has 0 N–H and O–H groups in total. The Labute approximate surface area is 146 Å². The van der Waals surface area contributed by atoms with E-state index in [1.165, 1.54) is 0 Å².